The second-order valence-electron chi connectivity index (χ2n) is 8.12. The van der Waals surface area contributed by atoms with Gasteiger partial charge in [-0.25, -0.2) is 0 Å². The predicted molar refractivity (Wildman–Crippen MR) is 123 cm³/mol. The molecule has 1 aromatic carbocycles. The van der Waals surface area contributed by atoms with Gasteiger partial charge in [-0.1, -0.05) is 17.8 Å². The Bertz CT molecular complexity index is 1120. The highest BCUT2D eigenvalue weighted by atomic mass is 32.2. The number of benzene rings is 1. The van der Waals surface area contributed by atoms with E-state index in [-0.39, 0.29) is 29.4 Å². The third kappa shape index (κ3) is 3.99. The first-order valence-corrected chi connectivity index (χ1v) is 11.6. The molecule has 0 bridgehead atoms. The van der Waals surface area contributed by atoms with Crippen molar-refractivity contribution in [2.75, 3.05) is 37.4 Å². The van der Waals surface area contributed by atoms with Crippen LogP contribution in [0, 0.1) is 0 Å². The number of amides is 3. The Labute approximate surface area is 190 Å². The van der Waals surface area contributed by atoms with E-state index in [9.17, 15) is 14.4 Å². The summed E-state index contributed by atoms with van der Waals surface area (Å²) >= 11 is 1.02. The average Bonchev–Trinajstić information content (AvgIpc) is 3.41. The number of morpholine rings is 1. The van der Waals surface area contributed by atoms with Gasteiger partial charge in [0, 0.05) is 49.3 Å². The van der Waals surface area contributed by atoms with Crippen LogP contribution in [0.2, 0.25) is 0 Å². The van der Waals surface area contributed by atoms with Gasteiger partial charge in [0.1, 0.15) is 0 Å². The third-order valence-corrected chi connectivity index (χ3v) is 6.95. The molecule has 0 saturated carbocycles. The molecule has 1 N–H and O–H groups in total. The second kappa shape index (κ2) is 8.57. The summed E-state index contributed by atoms with van der Waals surface area (Å²) < 4.78 is 7.53. The molecule has 0 unspecified atom stereocenters. The fourth-order valence-corrected chi connectivity index (χ4v) is 4.93. The van der Waals surface area contributed by atoms with Crippen LogP contribution in [0.4, 0.5) is 10.5 Å². The number of ether oxygens (including phenoxy) is 1. The zero-order valence-corrected chi connectivity index (χ0v) is 18.6. The summed E-state index contributed by atoms with van der Waals surface area (Å²) in [6.07, 6.45) is 1.90. The van der Waals surface area contributed by atoms with Gasteiger partial charge in [-0.2, -0.15) is 0 Å². The number of nitrogens with one attached hydrogen (secondary N) is 1. The fourth-order valence-electron chi connectivity index (χ4n) is 4.20. The summed E-state index contributed by atoms with van der Waals surface area (Å²) in [5.74, 6) is -0.145. The number of thioether (sulfide) groups is 1. The van der Waals surface area contributed by atoms with Crippen LogP contribution in [0.3, 0.4) is 0 Å². The van der Waals surface area contributed by atoms with Crippen LogP contribution >= 0.6 is 11.8 Å². The smallest absolute Gasteiger partial charge is 0.289 e. The maximum Gasteiger partial charge on any atom is 0.289 e. The van der Waals surface area contributed by atoms with Gasteiger partial charge < -0.3 is 14.6 Å². The quantitative estimate of drug-likeness (QED) is 0.702. The van der Waals surface area contributed by atoms with Gasteiger partial charge in [-0.3, -0.25) is 24.2 Å². The maximum atomic E-state index is 12.7. The summed E-state index contributed by atoms with van der Waals surface area (Å²) in [5, 5.41) is 2.68. The van der Waals surface area contributed by atoms with Crippen molar-refractivity contribution in [3.05, 3.63) is 52.8 Å². The largest absolute Gasteiger partial charge is 0.379 e. The van der Waals surface area contributed by atoms with Gasteiger partial charge >= 0.3 is 0 Å². The lowest BCUT2D eigenvalue weighted by molar-refractivity contribution is -0.125. The van der Waals surface area contributed by atoms with E-state index in [1.807, 2.05) is 37.4 Å². The second-order valence-corrected chi connectivity index (χ2v) is 9.05. The van der Waals surface area contributed by atoms with Gasteiger partial charge in [0.05, 0.1) is 31.1 Å². The number of carbonyl (C=O) groups is 3. The molecule has 0 spiro atoms. The first-order chi connectivity index (χ1) is 15.5. The molecule has 2 fully saturated rings. The van der Waals surface area contributed by atoms with Gasteiger partial charge in [-0.05, 0) is 35.9 Å². The number of aromatic nitrogens is 1. The van der Waals surface area contributed by atoms with Gasteiger partial charge in [0.25, 0.3) is 11.1 Å². The van der Waals surface area contributed by atoms with Crippen molar-refractivity contribution in [3.63, 3.8) is 0 Å². The Balaban J connectivity index is 1.40. The van der Waals surface area contributed by atoms with E-state index in [0.29, 0.717) is 5.57 Å². The Morgan fingerprint density at radius 2 is 1.91 bits per heavy atom. The van der Waals surface area contributed by atoms with Crippen LogP contribution in [-0.2, 0) is 34.5 Å². The van der Waals surface area contributed by atoms with Crippen LogP contribution in [0.5, 0.6) is 0 Å². The number of nitrogens with zero attached hydrogens (tertiary/aromatic N) is 3. The summed E-state index contributed by atoms with van der Waals surface area (Å²) in [6, 6.07) is 9.68. The van der Waals surface area contributed by atoms with Gasteiger partial charge in [0.15, 0.2) is 0 Å². The lowest BCUT2D eigenvalue weighted by Crippen LogP contribution is -2.36. The Kier molecular flexibility index (Phi) is 5.62. The SMILES string of the molecule is Cn1c(C=C2C(=O)Nc3ccc(CN4C(=O)CSC4=O)cc32)ccc1CN1CCOCC1. The lowest BCUT2D eigenvalue weighted by atomic mass is 10.0. The molecule has 8 nitrogen and oxygen atoms in total. The lowest BCUT2D eigenvalue weighted by Gasteiger charge is -2.26. The summed E-state index contributed by atoms with van der Waals surface area (Å²) in [7, 11) is 2.01. The minimum atomic E-state index is -0.225. The molecular formula is C23H24N4O4S. The predicted octanol–water partition coefficient (Wildman–Crippen LogP) is 2.55. The Hall–Kier alpha value is -2.88. The van der Waals surface area contributed by atoms with Crippen molar-refractivity contribution in [2.45, 2.75) is 13.1 Å². The highest BCUT2D eigenvalue weighted by molar-refractivity contribution is 8.14. The molecule has 1 aromatic heterocycles. The van der Waals surface area contributed by atoms with Crippen molar-refractivity contribution < 1.29 is 19.1 Å². The van der Waals surface area contributed by atoms with E-state index in [1.165, 1.54) is 10.6 Å². The number of carbonyl (C=O) groups excluding carboxylic acids is 3. The zero-order valence-electron chi connectivity index (χ0n) is 17.8. The average molecular weight is 453 g/mol. The van der Waals surface area contributed by atoms with E-state index in [2.05, 4.69) is 20.9 Å². The van der Waals surface area contributed by atoms with Gasteiger partial charge in [-0.15, -0.1) is 0 Å². The monoisotopic (exact) mass is 452 g/mol. The van der Waals surface area contributed by atoms with Crippen molar-refractivity contribution in [3.8, 4) is 0 Å². The van der Waals surface area contributed by atoms with Crippen LogP contribution in [0.1, 0.15) is 22.5 Å². The van der Waals surface area contributed by atoms with E-state index >= 15 is 0 Å². The van der Waals surface area contributed by atoms with Crippen LogP contribution < -0.4 is 5.32 Å². The Morgan fingerprint density at radius 1 is 1.09 bits per heavy atom. The van der Waals surface area contributed by atoms with E-state index in [1.54, 1.807) is 0 Å². The van der Waals surface area contributed by atoms with E-state index in [4.69, 9.17) is 4.74 Å². The molecular weight excluding hydrogens is 428 g/mol. The standard InChI is InChI=1S/C23H24N4O4S/c1-25-16(3-4-17(25)13-26-6-8-31-9-7-26)11-19-18-10-15(2-5-20(18)24-22(19)29)12-27-21(28)14-32-23(27)30/h2-5,10-11H,6-9,12-14H2,1H3,(H,24,29). The van der Waals surface area contributed by atoms with Crippen LogP contribution in [-0.4, -0.2) is 63.5 Å². The Morgan fingerprint density at radius 3 is 2.66 bits per heavy atom. The zero-order chi connectivity index (χ0) is 22.2. The molecule has 3 amide bonds. The maximum absolute atomic E-state index is 12.7. The molecule has 5 rings (SSSR count). The molecule has 32 heavy (non-hydrogen) atoms. The fraction of sp³-hybridized carbons (Fsp3) is 0.348. The molecule has 0 atom stereocenters. The first kappa shape index (κ1) is 21.0. The van der Waals surface area contributed by atoms with Gasteiger partial charge in [0.2, 0.25) is 5.91 Å². The highest BCUT2D eigenvalue weighted by Crippen LogP contribution is 2.35. The van der Waals surface area contributed by atoms with Crippen LogP contribution in [0.25, 0.3) is 11.6 Å². The first-order valence-electron chi connectivity index (χ1n) is 10.6. The molecule has 3 aliphatic heterocycles. The number of rotatable bonds is 5. The highest BCUT2D eigenvalue weighted by Gasteiger charge is 2.31. The molecule has 0 radical (unpaired) electrons. The summed E-state index contributed by atoms with van der Waals surface area (Å²) in [4.78, 5) is 40.2. The summed E-state index contributed by atoms with van der Waals surface area (Å²) in [5.41, 5.74) is 5.04. The molecule has 2 saturated heterocycles. The molecule has 2 aromatic rings. The van der Waals surface area contributed by atoms with Crippen molar-refractivity contribution in [1.29, 1.82) is 0 Å². The minimum absolute atomic E-state index is 0.156. The number of hydrogen-bond donors (Lipinski definition) is 1. The number of anilines is 1. The third-order valence-electron chi connectivity index (χ3n) is 6.09. The topological polar surface area (TPSA) is 83.9 Å². The number of fused-ring (bicyclic) bond motifs is 1. The van der Waals surface area contributed by atoms with Crippen LogP contribution in [0.15, 0.2) is 30.3 Å². The molecule has 166 valence electrons. The molecule has 0 aliphatic carbocycles. The number of hydrogen-bond acceptors (Lipinski definition) is 6. The normalized spacial score (nSPS) is 20.3. The minimum Gasteiger partial charge on any atom is -0.379 e. The molecule has 4 heterocycles. The molecule has 3 aliphatic rings. The summed E-state index contributed by atoms with van der Waals surface area (Å²) in [6.45, 7) is 4.41. The van der Waals surface area contributed by atoms with Crippen molar-refractivity contribution in [2.24, 2.45) is 7.05 Å². The van der Waals surface area contributed by atoms with Crippen molar-refractivity contribution in [1.82, 2.24) is 14.4 Å². The number of imide groups is 1. The van der Waals surface area contributed by atoms with E-state index < -0.39 is 0 Å². The molecule has 9 heteroatoms. The van der Waals surface area contributed by atoms with Crippen molar-refractivity contribution >= 4 is 46.2 Å². The van der Waals surface area contributed by atoms with E-state index in [0.717, 1.165) is 67.1 Å².